The zero-order chi connectivity index (χ0) is 17.4. The van der Waals surface area contributed by atoms with Crippen molar-refractivity contribution in [2.45, 2.75) is 30.6 Å². The summed E-state index contributed by atoms with van der Waals surface area (Å²) in [5.41, 5.74) is 0.0695. The molecule has 1 aromatic rings. The number of hydrogen-bond acceptors (Lipinski definition) is 3. The van der Waals surface area contributed by atoms with Crippen LogP contribution in [0.4, 0.5) is 39.5 Å². The molecule has 0 unspecified atom stereocenters. The van der Waals surface area contributed by atoms with E-state index in [0.717, 1.165) is 11.3 Å². The molecule has 0 N–H and O–H groups in total. The van der Waals surface area contributed by atoms with Gasteiger partial charge in [0, 0.05) is 5.56 Å². The normalized spacial score (nSPS) is 14.0. The summed E-state index contributed by atoms with van der Waals surface area (Å²) in [6.07, 6.45) is -6.98. The van der Waals surface area contributed by atoms with Gasteiger partial charge >= 0.3 is 29.9 Å². The highest BCUT2D eigenvalue weighted by Crippen LogP contribution is 2.53. The van der Waals surface area contributed by atoms with Crippen molar-refractivity contribution in [2.24, 2.45) is 0 Å². The molecule has 0 saturated heterocycles. The lowest BCUT2D eigenvalue weighted by Crippen LogP contribution is -2.63. The van der Waals surface area contributed by atoms with E-state index in [1.807, 2.05) is 0 Å². The number of carbonyl (C=O) groups is 1. The minimum atomic E-state index is -7.12. The van der Waals surface area contributed by atoms with Crippen LogP contribution in [0.25, 0.3) is 0 Å². The second-order valence-corrected chi connectivity index (χ2v) is 4.71. The van der Waals surface area contributed by atoms with E-state index in [2.05, 4.69) is 4.74 Å². The lowest BCUT2D eigenvalue weighted by molar-refractivity contribution is -0.390. The molecular weight excluding hydrogens is 355 g/mol. The minimum Gasteiger partial charge on any atom is -0.456 e. The summed E-state index contributed by atoms with van der Waals surface area (Å²) in [5, 5.41) is 2.65. The Labute approximate surface area is 120 Å². The van der Waals surface area contributed by atoms with Crippen LogP contribution >= 0.6 is 11.3 Å². The summed E-state index contributed by atoms with van der Waals surface area (Å²) in [7, 11) is 0. The van der Waals surface area contributed by atoms with Crippen molar-refractivity contribution >= 4 is 17.3 Å². The molecule has 0 aliphatic heterocycles. The fourth-order valence-corrected chi connectivity index (χ4v) is 1.77. The number of halogens is 9. The van der Waals surface area contributed by atoms with Crippen LogP contribution in [0.2, 0.25) is 0 Å². The van der Waals surface area contributed by atoms with Crippen LogP contribution < -0.4 is 0 Å². The van der Waals surface area contributed by atoms with Crippen molar-refractivity contribution in [1.82, 2.24) is 0 Å². The van der Waals surface area contributed by atoms with Gasteiger partial charge in [0.2, 0.25) is 0 Å². The highest BCUT2D eigenvalue weighted by atomic mass is 32.1. The van der Waals surface area contributed by atoms with E-state index in [4.69, 9.17) is 0 Å². The molecule has 0 atom stereocenters. The predicted octanol–water partition coefficient (Wildman–Crippen LogP) is 4.26. The Hall–Kier alpha value is -1.46. The molecule has 0 radical (unpaired) electrons. The van der Waals surface area contributed by atoms with Crippen molar-refractivity contribution < 1.29 is 49.0 Å². The van der Waals surface area contributed by atoms with Crippen molar-refractivity contribution in [3.63, 3.8) is 0 Å². The van der Waals surface area contributed by atoms with Gasteiger partial charge in [0.25, 0.3) is 0 Å². The summed E-state index contributed by atoms with van der Waals surface area (Å²) in [6.45, 7) is -0.981. The summed E-state index contributed by atoms with van der Waals surface area (Å²) < 4.78 is 116. The average molecular weight is 360 g/mol. The monoisotopic (exact) mass is 360 g/mol. The van der Waals surface area contributed by atoms with E-state index < -0.39 is 36.5 Å². The van der Waals surface area contributed by atoms with Gasteiger partial charge in [-0.3, -0.25) is 0 Å². The van der Waals surface area contributed by atoms with Gasteiger partial charge in [-0.05, 0) is 16.8 Å². The number of carbonyl (C=O) groups excluding carboxylic acids is 1. The lowest BCUT2D eigenvalue weighted by atomic mass is 10.0. The second kappa shape index (κ2) is 5.63. The van der Waals surface area contributed by atoms with Gasteiger partial charge in [0.15, 0.2) is 0 Å². The van der Waals surface area contributed by atoms with Crippen LogP contribution in [-0.4, -0.2) is 29.9 Å². The Morgan fingerprint density at radius 3 is 1.95 bits per heavy atom. The molecule has 1 rings (SSSR count). The molecular formula is C10H5F9O2S. The third-order valence-electron chi connectivity index (χ3n) is 2.35. The van der Waals surface area contributed by atoms with E-state index >= 15 is 0 Å². The first-order valence-electron chi connectivity index (χ1n) is 5.13. The molecule has 0 fully saturated rings. The zero-order valence-corrected chi connectivity index (χ0v) is 10.9. The number of rotatable bonds is 5. The fraction of sp³-hybridized carbons (Fsp3) is 0.500. The number of thiophene rings is 1. The molecule has 0 aromatic carbocycles. The quantitative estimate of drug-likeness (QED) is 0.579. The molecule has 12 heteroatoms. The van der Waals surface area contributed by atoms with Crippen LogP contribution in [0.3, 0.4) is 0 Å². The van der Waals surface area contributed by atoms with Crippen LogP contribution in [0, 0.1) is 0 Å². The van der Waals surface area contributed by atoms with Crippen molar-refractivity contribution in [3.05, 3.63) is 22.4 Å². The van der Waals surface area contributed by atoms with Gasteiger partial charge in [-0.15, -0.1) is 0 Å². The second-order valence-electron chi connectivity index (χ2n) is 3.93. The molecule has 0 aliphatic rings. The van der Waals surface area contributed by atoms with E-state index in [1.165, 1.54) is 16.8 Å². The topological polar surface area (TPSA) is 26.3 Å². The Balaban J connectivity index is 2.97. The Morgan fingerprint density at radius 1 is 1.00 bits per heavy atom. The first kappa shape index (κ1) is 18.6. The van der Waals surface area contributed by atoms with Crippen molar-refractivity contribution in [1.29, 1.82) is 0 Å². The predicted molar refractivity (Wildman–Crippen MR) is 55.0 cm³/mol. The van der Waals surface area contributed by atoms with Crippen LogP contribution in [0.5, 0.6) is 0 Å². The summed E-state index contributed by atoms with van der Waals surface area (Å²) in [5.74, 6) is -23.7. The maximum atomic E-state index is 13.0. The SMILES string of the molecule is O=C(OCc1ccsc1)C(F)(F)C(F)(F)C(F)(F)C(F)(F)F. The van der Waals surface area contributed by atoms with Gasteiger partial charge < -0.3 is 4.74 Å². The molecule has 1 heterocycles. The molecule has 0 amide bonds. The molecule has 126 valence electrons. The fourth-order valence-electron chi connectivity index (χ4n) is 1.12. The molecule has 0 aliphatic carbocycles. The first-order chi connectivity index (χ1) is 9.75. The van der Waals surface area contributed by atoms with Gasteiger partial charge in [-0.1, -0.05) is 0 Å². The molecule has 0 bridgehead atoms. The van der Waals surface area contributed by atoms with E-state index in [1.54, 1.807) is 0 Å². The zero-order valence-electron chi connectivity index (χ0n) is 10.1. The van der Waals surface area contributed by atoms with Crippen LogP contribution in [-0.2, 0) is 16.1 Å². The van der Waals surface area contributed by atoms with Crippen molar-refractivity contribution in [2.75, 3.05) is 0 Å². The third kappa shape index (κ3) is 3.01. The van der Waals surface area contributed by atoms with E-state index in [9.17, 15) is 44.3 Å². The molecule has 22 heavy (non-hydrogen) atoms. The average Bonchev–Trinajstić information content (AvgIpc) is 2.86. The highest BCUT2D eigenvalue weighted by Gasteiger charge is 2.84. The molecule has 1 aromatic heterocycles. The van der Waals surface area contributed by atoms with Gasteiger partial charge in [0.05, 0.1) is 0 Å². The van der Waals surface area contributed by atoms with Crippen LogP contribution in [0.15, 0.2) is 16.8 Å². The molecule has 0 saturated carbocycles. The van der Waals surface area contributed by atoms with Gasteiger partial charge in [-0.2, -0.15) is 50.9 Å². The smallest absolute Gasteiger partial charge is 0.456 e. The van der Waals surface area contributed by atoms with Crippen LogP contribution in [0.1, 0.15) is 5.56 Å². The maximum absolute atomic E-state index is 13.0. The standard InChI is InChI=1S/C10H5F9O2S/c11-7(12,6(20)21-3-5-1-2-22-4-5)8(13,14)9(15,16)10(17,18)19/h1-2,4H,3H2. The Morgan fingerprint density at radius 2 is 1.55 bits per heavy atom. The van der Waals surface area contributed by atoms with Gasteiger partial charge in [0.1, 0.15) is 6.61 Å². The Kier molecular flexibility index (Phi) is 4.76. The minimum absolute atomic E-state index is 0.0695. The largest absolute Gasteiger partial charge is 0.460 e. The number of ether oxygens (including phenoxy) is 1. The third-order valence-corrected chi connectivity index (χ3v) is 3.08. The Bertz CT molecular complexity index is 521. The number of esters is 1. The molecule has 0 spiro atoms. The first-order valence-corrected chi connectivity index (χ1v) is 6.08. The van der Waals surface area contributed by atoms with E-state index in [-0.39, 0.29) is 5.56 Å². The summed E-state index contributed by atoms with van der Waals surface area (Å²) >= 11 is 1.02. The molecule has 2 nitrogen and oxygen atoms in total. The van der Waals surface area contributed by atoms with E-state index in [0.29, 0.717) is 0 Å². The maximum Gasteiger partial charge on any atom is 0.460 e. The summed E-state index contributed by atoms with van der Waals surface area (Å²) in [4.78, 5) is 10.8. The van der Waals surface area contributed by atoms with Gasteiger partial charge in [-0.25, -0.2) is 4.79 Å². The number of alkyl halides is 9. The van der Waals surface area contributed by atoms with Crippen molar-refractivity contribution in [3.8, 4) is 0 Å². The highest BCUT2D eigenvalue weighted by molar-refractivity contribution is 7.07. The lowest BCUT2D eigenvalue weighted by Gasteiger charge is -2.32. The number of hydrogen-bond donors (Lipinski definition) is 0. The summed E-state index contributed by atoms with van der Waals surface area (Å²) in [6, 6.07) is 1.23.